The Labute approximate surface area is 119 Å². The molecule has 1 heterocycles. The molecule has 2 aromatic rings. The maximum atomic E-state index is 11.0. The smallest absolute Gasteiger partial charge is 0.328 e. The molecular weight excluding hydrogens is 278 g/mol. The number of carboxylic acids is 1. The van der Waals surface area contributed by atoms with Crippen molar-refractivity contribution < 1.29 is 19.2 Å². The first-order valence-electron chi connectivity index (χ1n) is 6.01. The fourth-order valence-corrected chi connectivity index (χ4v) is 1.54. The van der Waals surface area contributed by atoms with Crippen LogP contribution in [0.2, 0.25) is 0 Å². The van der Waals surface area contributed by atoms with Gasteiger partial charge in [0, 0.05) is 17.7 Å². The summed E-state index contributed by atoms with van der Waals surface area (Å²) in [4.78, 5) is 25.2. The van der Waals surface area contributed by atoms with E-state index in [2.05, 4.69) is 10.3 Å². The van der Waals surface area contributed by atoms with Crippen LogP contribution in [-0.2, 0) is 4.79 Å². The van der Waals surface area contributed by atoms with E-state index in [0.29, 0.717) is 11.3 Å². The summed E-state index contributed by atoms with van der Waals surface area (Å²) in [6.45, 7) is 2.95. The Hall–Kier alpha value is -2.90. The first kappa shape index (κ1) is 14.5. The van der Waals surface area contributed by atoms with E-state index in [1.807, 2.05) is 0 Å². The first-order chi connectivity index (χ1) is 9.79. The molecule has 2 N–H and O–H groups in total. The summed E-state index contributed by atoms with van der Waals surface area (Å²) in [5.41, 5.74) is -0.163. The number of hydrogen-bond acceptors (Lipinski definition) is 6. The van der Waals surface area contributed by atoms with Crippen LogP contribution in [0.25, 0.3) is 11.3 Å². The quantitative estimate of drug-likeness (QED) is 0.641. The van der Waals surface area contributed by atoms with Crippen LogP contribution in [0.4, 0.5) is 11.7 Å². The Morgan fingerprint density at radius 1 is 1.38 bits per heavy atom. The highest BCUT2D eigenvalue weighted by Crippen LogP contribution is 2.24. The molecule has 0 aliphatic heterocycles. The second-order valence-corrected chi connectivity index (χ2v) is 4.90. The summed E-state index contributed by atoms with van der Waals surface area (Å²) < 4.78 is 5.16. The number of nitrogens with one attached hydrogen (secondary N) is 1. The third kappa shape index (κ3) is 3.16. The number of benzene rings is 1. The summed E-state index contributed by atoms with van der Waals surface area (Å²) in [5, 5.41) is 22.2. The molecule has 0 aliphatic rings. The number of nitro groups is 1. The molecule has 0 fully saturated rings. The van der Waals surface area contributed by atoms with E-state index in [9.17, 15) is 14.9 Å². The van der Waals surface area contributed by atoms with Crippen molar-refractivity contribution in [3.8, 4) is 11.3 Å². The lowest BCUT2D eigenvalue weighted by Crippen LogP contribution is -2.40. The van der Waals surface area contributed by atoms with E-state index in [1.54, 1.807) is 12.1 Å². The Kier molecular flexibility index (Phi) is 3.62. The molecule has 1 aromatic carbocycles. The number of nitrogens with zero attached hydrogens (tertiary/aromatic N) is 2. The average molecular weight is 291 g/mol. The Morgan fingerprint density at radius 3 is 2.52 bits per heavy atom. The van der Waals surface area contributed by atoms with Crippen LogP contribution >= 0.6 is 0 Å². The zero-order valence-electron chi connectivity index (χ0n) is 11.4. The topological polar surface area (TPSA) is 119 Å². The van der Waals surface area contributed by atoms with Gasteiger partial charge in [-0.2, -0.15) is 4.98 Å². The molecule has 8 heteroatoms. The van der Waals surface area contributed by atoms with Crippen LogP contribution in [0.5, 0.6) is 0 Å². The Morgan fingerprint density at radius 2 is 2.00 bits per heavy atom. The fourth-order valence-electron chi connectivity index (χ4n) is 1.54. The van der Waals surface area contributed by atoms with Crippen molar-refractivity contribution in [1.82, 2.24) is 4.98 Å². The number of carbonyl (C=O) groups is 1. The monoisotopic (exact) mass is 291 g/mol. The van der Waals surface area contributed by atoms with Crippen LogP contribution in [0.15, 0.2) is 34.9 Å². The van der Waals surface area contributed by atoms with Crippen molar-refractivity contribution in [2.75, 3.05) is 5.32 Å². The number of hydrogen-bond donors (Lipinski definition) is 2. The zero-order chi connectivity index (χ0) is 15.6. The van der Waals surface area contributed by atoms with E-state index in [0.717, 1.165) is 0 Å². The molecule has 0 atom stereocenters. The van der Waals surface area contributed by atoms with Crippen molar-refractivity contribution in [1.29, 1.82) is 0 Å². The molecule has 0 aliphatic carbocycles. The van der Waals surface area contributed by atoms with Crippen LogP contribution in [0.3, 0.4) is 0 Å². The maximum absolute atomic E-state index is 11.0. The maximum Gasteiger partial charge on any atom is 0.328 e. The molecule has 0 unspecified atom stereocenters. The number of carboxylic acid groups (broad SMARTS) is 1. The molecule has 0 saturated carbocycles. The standard InChI is InChI=1S/C13H13N3O5/c1-13(2,11(17)18)15-12-14-10(7-21-12)8-3-5-9(6-4-8)16(19)20/h3-7H,1-2H3,(H,14,15)(H,17,18). The van der Waals surface area contributed by atoms with Crippen molar-refractivity contribution >= 4 is 17.7 Å². The van der Waals surface area contributed by atoms with Gasteiger partial charge in [-0.25, -0.2) is 4.79 Å². The van der Waals surface area contributed by atoms with Crippen molar-refractivity contribution in [2.24, 2.45) is 0 Å². The molecule has 0 spiro atoms. The van der Waals surface area contributed by atoms with Crippen molar-refractivity contribution in [3.05, 3.63) is 40.6 Å². The predicted molar refractivity (Wildman–Crippen MR) is 73.9 cm³/mol. The predicted octanol–water partition coefficient (Wildman–Crippen LogP) is 2.52. The minimum atomic E-state index is -1.22. The van der Waals surface area contributed by atoms with Gasteiger partial charge < -0.3 is 14.8 Å². The van der Waals surface area contributed by atoms with Crippen LogP contribution in [0.1, 0.15) is 13.8 Å². The number of non-ortho nitro benzene ring substituents is 1. The summed E-state index contributed by atoms with van der Waals surface area (Å²) in [6, 6.07) is 5.87. The van der Waals surface area contributed by atoms with Gasteiger partial charge in [-0.15, -0.1) is 0 Å². The summed E-state index contributed by atoms with van der Waals surface area (Å²) in [7, 11) is 0. The van der Waals surface area contributed by atoms with Crippen LogP contribution in [0, 0.1) is 10.1 Å². The summed E-state index contributed by atoms with van der Waals surface area (Å²) >= 11 is 0. The van der Waals surface area contributed by atoms with E-state index in [1.165, 1.54) is 32.2 Å². The van der Waals surface area contributed by atoms with E-state index >= 15 is 0 Å². The van der Waals surface area contributed by atoms with Crippen molar-refractivity contribution in [2.45, 2.75) is 19.4 Å². The molecule has 110 valence electrons. The van der Waals surface area contributed by atoms with Crippen molar-refractivity contribution in [3.63, 3.8) is 0 Å². The summed E-state index contributed by atoms with van der Waals surface area (Å²) in [6.07, 6.45) is 1.35. The van der Waals surface area contributed by atoms with Gasteiger partial charge in [0.25, 0.3) is 11.7 Å². The number of nitro benzene ring substituents is 1. The molecule has 0 amide bonds. The number of rotatable bonds is 5. The second kappa shape index (κ2) is 5.23. The van der Waals surface area contributed by atoms with Gasteiger partial charge in [0.05, 0.1) is 4.92 Å². The molecule has 0 bridgehead atoms. The van der Waals surface area contributed by atoms with Crippen LogP contribution in [-0.4, -0.2) is 26.5 Å². The molecular formula is C13H13N3O5. The van der Waals surface area contributed by atoms with Gasteiger partial charge in [-0.3, -0.25) is 10.1 Å². The van der Waals surface area contributed by atoms with Gasteiger partial charge in [0.1, 0.15) is 17.5 Å². The number of anilines is 1. The molecule has 0 saturated heterocycles. The minimum Gasteiger partial charge on any atom is -0.480 e. The molecule has 2 rings (SSSR count). The molecule has 0 radical (unpaired) electrons. The Bertz CT molecular complexity index is 675. The fraction of sp³-hybridized carbons (Fsp3) is 0.231. The highest BCUT2D eigenvalue weighted by molar-refractivity contribution is 5.80. The first-order valence-corrected chi connectivity index (χ1v) is 6.01. The second-order valence-electron chi connectivity index (χ2n) is 4.90. The van der Waals surface area contributed by atoms with Gasteiger partial charge in [0.15, 0.2) is 0 Å². The zero-order valence-corrected chi connectivity index (χ0v) is 11.4. The lowest BCUT2D eigenvalue weighted by atomic mass is 10.1. The molecule has 8 nitrogen and oxygen atoms in total. The highest BCUT2D eigenvalue weighted by Gasteiger charge is 2.28. The SMILES string of the molecule is CC(C)(Nc1nc(-c2ccc([N+](=O)[O-])cc2)co1)C(=O)O. The lowest BCUT2D eigenvalue weighted by Gasteiger charge is -2.19. The lowest BCUT2D eigenvalue weighted by molar-refractivity contribution is -0.384. The molecule has 21 heavy (non-hydrogen) atoms. The number of aromatic nitrogens is 1. The molecule has 1 aromatic heterocycles. The Balaban J connectivity index is 2.20. The number of aliphatic carboxylic acids is 1. The average Bonchev–Trinajstić information content (AvgIpc) is 2.86. The normalized spacial score (nSPS) is 11.1. The third-order valence-electron chi connectivity index (χ3n) is 2.83. The van der Waals surface area contributed by atoms with Gasteiger partial charge in [0.2, 0.25) is 0 Å². The van der Waals surface area contributed by atoms with Crippen LogP contribution < -0.4 is 5.32 Å². The van der Waals surface area contributed by atoms with E-state index < -0.39 is 16.4 Å². The third-order valence-corrected chi connectivity index (χ3v) is 2.83. The highest BCUT2D eigenvalue weighted by atomic mass is 16.6. The largest absolute Gasteiger partial charge is 0.480 e. The van der Waals surface area contributed by atoms with Gasteiger partial charge >= 0.3 is 5.97 Å². The summed E-state index contributed by atoms with van der Waals surface area (Å²) in [5.74, 6) is -1.04. The van der Waals surface area contributed by atoms with E-state index in [-0.39, 0.29) is 11.7 Å². The van der Waals surface area contributed by atoms with E-state index in [4.69, 9.17) is 9.52 Å². The number of oxazole rings is 1. The minimum absolute atomic E-state index is 0.0207. The van der Waals surface area contributed by atoms with Gasteiger partial charge in [-0.05, 0) is 26.0 Å². The van der Waals surface area contributed by atoms with Gasteiger partial charge in [-0.1, -0.05) is 0 Å².